The lowest BCUT2D eigenvalue weighted by Gasteiger charge is -1.98. The van der Waals surface area contributed by atoms with Crippen LogP contribution in [0.2, 0.25) is 0 Å². The highest BCUT2D eigenvalue weighted by Gasteiger charge is 1.96. The van der Waals surface area contributed by atoms with Gasteiger partial charge in [-0.1, -0.05) is 23.4 Å². The molecule has 64 valence electrons. The first-order valence-electron chi connectivity index (χ1n) is 3.92. The molecule has 0 bridgehead atoms. The van der Waals surface area contributed by atoms with Crippen LogP contribution in [0.25, 0.3) is 10.8 Å². The highest BCUT2D eigenvalue weighted by molar-refractivity contribution is 5.99. The fraction of sp³-hybridized carbons (Fsp3) is 0. The third-order valence-corrected chi connectivity index (χ3v) is 1.91. The maximum atomic E-state index is 8.43. The molecule has 1 aromatic heterocycles. The Labute approximate surface area is 75.3 Å². The van der Waals surface area contributed by atoms with E-state index < -0.39 is 0 Å². The first-order valence-corrected chi connectivity index (χ1v) is 3.92. The highest BCUT2D eigenvalue weighted by atomic mass is 16.4. The number of oxime groups is 1. The van der Waals surface area contributed by atoms with Crippen LogP contribution in [0.5, 0.6) is 0 Å². The number of aromatic nitrogens is 1. The molecule has 1 aromatic carbocycles. The molecule has 3 heteroatoms. The molecule has 0 unspecified atom stereocenters. The standard InChI is InChI=1S/C10H8N2O/c13-12-7-9-3-1-2-8-6-11-5-4-10(8)9/h1-7,13H. The van der Waals surface area contributed by atoms with Gasteiger partial charge in [0.1, 0.15) is 0 Å². The molecule has 1 heterocycles. The molecule has 0 aliphatic carbocycles. The third-order valence-electron chi connectivity index (χ3n) is 1.91. The van der Waals surface area contributed by atoms with Crippen molar-refractivity contribution < 1.29 is 5.21 Å². The second-order valence-electron chi connectivity index (χ2n) is 2.69. The molecule has 0 fully saturated rings. The molecule has 0 aliphatic rings. The van der Waals surface area contributed by atoms with Crippen LogP contribution in [0.3, 0.4) is 0 Å². The van der Waals surface area contributed by atoms with E-state index in [1.807, 2.05) is 24.3 Å². The monoisotopic (exact) mass is 172 g/mol. The zero-order valence-electron chi connectivity index (χ0n) is 6.88. The van der Waals surface area contributed by atoms with Crippen LogP contribution in [-0.4, -0.2) is 16.4 Å². The SMILES string of the molecule is ON=Cc1cccc2cnccc12. The molecule has 0 amide bonds. The Kier molecular flexibility index (Phi) is 1.92. The molecule has 13 heavy (non-hydrogen) atoms. The van der Waals surface area contributed by atoms with Crippen LogP contribution in [0.1, 0.15) is 5.56 Å². The molecule has 0 atom stereocenters. The quantitative estimate of drug-likeness (QED) is 0.406. The van der Waals surface area contributed by atoms with E-state index in [0.717, 1.165) is 16.3 Å². The van der Waals surface area contributed by atoms with Crippen molar-refractivity contribution >= 4 is 17.0 Å². The van der Waals surface area contributed by atoms with E-state index in [1.54, 1.807) is 12.4 Å². The lowest BCUT2D eigenvalue weighted by atomic mass is 10.1. The topological polar surface area (TPSA) is 45.5 Å². The molecule has 0 aliphatic heterocycles. The maximum Gasteiger partial charge on any atom is 0.0740 e. The van der Waals surface area contributed by atoms with Gasteiger partial charge in [0.05, 0.1) is 6.21 Å². The summed E-state index contributed by atoms with van der Waals surface area (Å²) in [7, 11) is 0. The molecular weight excluding hydrogens is 164 g/mol. The number of pyridine rings is 1. The summed E-state index contributed by atoms with van der Waals surface area (Å²) in [5.74, 6) is 0. The van der Waals surface area contributed by atoms with Crippen molar-refractivity contribution in [2.45, 2.75) is 0 Å². The normalized spacial score (nSPS) is 11.1. The minimum atomic E-state index is 0.891. The second-order valence-corrected chi connectivity index (χ2v) is 2.69. The number of nitrogens with zero attached hydrogens (tertiary/aromatic N) is 2. The summed E-state index contributed by atoms with van der Waals surface area (Å²) in [6.45, 7) is 0. The van der Waals surface area contributed by atoms with Crippen molar-refractivity contribution in [3.05, 3.63) is 42.2 Å². The Morgan fingerprint density at radius 1 is 1.31 bits per heavy atom. The summed E-state index contributed by atoms with van der Waals surface area (Å²) in [6, 6.07) is 7.66. The van der Waals surface area contributed by atoms with E-state index in [4.69, 9.17) is 5.21 Å². The van der Waals surface area contributed by atoms with Crippen LogP contribution in [-0.2, 0) is 0 Å². The van der Waals surface area contributed by atoms with E-state index in [9.17, 15) is 0 Å². The largest absolute Gasteiger partial charge is 0.411 e. The van der Waals surface area contributed by atoms with Crippen molar-refractivity contribution in [3.63, 3.8) is 0 Å². The van der Waals surface area contributed by atoms with Gasteiger partial charge >= 0.3 is 0 Å². The van der Waals surface area contributed by atoms with Gasteiger partial charge in [0, 0.05) is 23.3 Å². The Morgan fingerprint density at radius 3 is 3.08 bits per heavy atom. The number of hydrogen-bond donors (Lipinski definition) is 1. The van der Waals surface area contributed by atoms with E-state index in [-0.39, 0.29) is 0 Å². The molecular formula is C10H8N2O. The van der Waals surface area contributed by atoms with Crippen molar-refractivity contribution in [1.82, 2.24) is 4.98 Å². The van der Waals surface area contributed by atoms with Crippen LogP contribution in [0.15, 0.2) is 41.8 Å². The van der Waals surface area contributed by atoms with Crippen molar-refractivity contribution in [2.75, 3.05) is 0 Å². The lowest BCUT2D eigenvalue weighted by molar-refractivity contribution is 0.322. The van der Waals surface area contributed by atoms with E-state index in [0.29, 0.717) is 0 Å². The fourth-order valence-corrected chi connectivity index (χ4v) is 1.32. The minimum Gasteiger partial charge on any atom is -0.411 e. The Hall–Kier alpha value is -1.90. The summed E-state index contributed by atoms with van der Waals surface area (Å²) >= 11 is 0. The zero-order chi connectivity index (χ0) is 9.10. The van der Waals surface area contributed by atoms with Crippen molar-refractivity contribution in [2.24, 2.45) is 5.16 Å². The molecule has 0 radical (unpaired) electrons. The van der Waals surface area contributed by atoms with Gasteiger partial charge in [-0.2, -0.15) is 0 Å². The fourth-order valence-electron chi connectivity index (χ4n) is 1.32. The van der Waals surface area contributed by atoms with Gasteiger partial charge in [0.2, 0.25) is 0 Å². The molecule has 2 aromatic rings. The minimum absolute atomic E-state index is 0.891. The van der Waals surface area contributed by atoms with Gasteiger partial charge in [-0.05, 0) is 11.5 Å². The predicted molar refractivity (Wildman–Crippen MR) is 51.1 cm³/mol. The molecule has 1 N–H and O–H groups in total. The summed E-state index contributed by atoms with van der Waals surface area (Å²) in [5.41, 5.74) is 0.891. The summed E-state index contributed by atoms with van der Waals surface area (Å²) in [4.78, 5) is 4.01. The van der Waals surface area contributed by atoms with Crippen LogP contribution >= 0.6 is 0 Å². The van der Waals surface area contributed by atoms with Crippen LogP contribution in [0, 0.1) is 0 Å². The molecule has 0 saturated carbocycles. The Balaban J connectivity index is 2.75. The summed E-state index contributed by atoms with van der Waals surface area (Å²) < 4.78 is 0. The van der Waals surface area contributed by atoms with Gasteiger partial charge in [-0.15, -0.1) is 0 Å². The molecule has 3 nitrogen and oxygen atoms in total. The summed E-state index contributed by atoms with van der Waals surface area (Å²) in [5, 5.41) is 13.5. The van der Waals surface area contributed by atoms with E-state index in [1.165, 1.54) is 6.21 Å². The number of benzene rings is 1. The van der Waals surface area contributed by atoms with Crippen LogP contribution in [0.4, 0.5) is 0 Å². The molecule has 0 spiro atoms. The number of rotatable bonds is 1. The van der Waals surface area contributed by atoms with Crippen LogP contribution < -0.4 is 0 Å². The van der Waals surface area contributed by atoms with Crippen molar-refractivity contribution in [1.29, 1.82) is 0 Å². The third kappa shape index (κ3) is 1.36. The zero-order valence-corrected chi connectivity index (χ0v) is 6.88. The summed E-state index contributed by atoms with van der Waals surface area (Å²) in [6.07, 6.45) is 4.92. The van der Waals surface area contributed by atoms with Crippen molar-refractivity contribution in [3.8, 4) is 0 Å². The lowest BCUT2D eigenvalue weighted by Crippen LogP contribution is -1.84. The second kappa shape index (κ2) is 3.23. The number of hydrogen-bond acceptors (Lipinski definition) is 3. The van der Waals surface area contributed by atoms with Gasteiger partial charge in [0.25, 0.3) is 0 Å². The van der Waals surface area contributed by atoms with Gasteiger partial charge < -0.3 is 5.21 Å². The first-order chi connectivity index (χ1) is 6.42. The highest BCUT2D eigenvalue weighted by Crippen LogP contribution is 2.15. The smallest absolute Gasteiger partial charge is 0.0740 e. The van der Waals surface area contributed by atoms with E-state index in [2.05, 4.69) is 10.1 Å². The molecule has 2 rings (SSSR count). The number of fused-ring (bicyclic) bond motifs is 1. The Morgan fingerprint density at radius 2 is 2.23 bits per heavy atom. The average molecular weight is 172 g/mol. The molecule has 0 saturated heterocycles. The predicted octanol–water partition coefficient (Wildman–Crippen LogP) is 2.04. The van der Waals surface area contributed by atoms with E-state index >= 15 is 0 Å². The van der Waals surface area contributed by atoms with Gasteiger partial charge in [-0.25, -0.2) is 0 Å². The van der Waals surface area contributed by atoms with Gasteiger partial charge in [-0.3, -0.25) is 4.98 Å². The van der Waals surface area contributed by atoms with Gasteiger partial charge in [0.15, 0.2) is 0 Å². The maximum absolute atomic E-state index is 8.43. The average Bonchev–Trinajstić information content (AvgIpc) is 2.19. The Bertz CT molecular complexity index is 446. The first kappa shape index (κ1) is 7.73.